The van der Waals surface area contributed by atoms with Gasteiger partial charge in [-0.05, 0) is 18.6 Å². The highest BCUT2D eigenvalue weighted by atomic mass is 16.5. The lowest BCUT2D eigenvalue weighted by Gasteiger charge is -2.13. The van der Waals surface area contributed by atoms with Gasteiger partial charge in [0.2, 0.25) is 0 Å². The van der Waals surface area contributed by atoms with Gasteiger partial charge in [0.05, 0.1) is 0 Å². The molecule has 1 unspecified atom stereocenters. The molecule has 0 radical (unpaired) electrons. The van der Waals surface area contributed by atoms with Gasteiger partial charge in [-0.3, -0.25) is 9.59 Å². The minimum atomic E-state index is -1.28. The van der Waals surface area contributed by atoms with Crippen LogP contribution in [0.3, 0.4) is 0 Å². The summed E-state index contributed by atoms with van der Waals surface area (Å²) in [6.45, 7) is -0.332. The highest BCUT2D eigenvalue weighted by Crippen LogP contribution is 2.07. The normalized spacial score (nSPS) is 11.4. The van der Waals surface area contributed by atoms with E-state index < -0.39 is 23.9 Å². The van der Waals surface area contributed by atoms with E-state index in [9.17, 15) is 14.4 Å². The second kappa shape index (κ2) is 7.78. The molecule has 1 rings (SSSR count). The molecule has 0 spiro atoms. The number of para-hydroxylation sites is 1. The number of carbonyl (C=O) groups is 3. The number of aliphatic carboxylic acids is 2. The first-order valence-electron chi connectivity index (χ1n) is 5.91. The number of benzene rings is 1. The third-order valence-electron chi connectivity index (χ3n) is 2.39. The van der Waals surface area contributed by atoms with Crippen LogP contribution in [-0.4, -0.2) is 40.7 Å². The molecule has 0 saturated carbocycles. The number of hydrogen-bond acceptors (Lipinski definition) is 4. The maximum atomic E-state index is 11.5. The van der Waals surface area contributed by atoms with E-state index in [0.29, 0.717) is 5.75 Å². The largest absolute Gasteiger partial charge is 0.484 e. The number of rotatable bonds is 8. The minimum Gasteiger partial charge on any atom is -0.484 e. The summed E-state index contributed by atoms with van der Waals surface area (Å²) in [4.78, 5) is 32.8. The Bertz CT molecular complexity index is 473. The highest BCUT2D eigenvalue weighted by molar-refractivity contribution is 5.84. The molecular weight excluding hydrogens is 266 g/mol. The predicted molar refractivity (Wildman–Crippen MR) is 68.4 cm³/mol. The van der Waals surface area contributed by atoms with Crippen LogP contribution in [0.4, 0.5) is 0 Å². The number of hydrogen-bond donors (Lipinski definition) is 3. The third kappa shape index (κ3) is 5.85. The lowest BCUT2D eigenvalue weighted by molar-refractivity contribution is -0.143. The number of amides is 1. The number of nitrogens with one attached hydrogen (secondary N) is 1. The molecule has 0 bridgehead atoms. The number of ether oxygens (including phenoxy) is 1. The van der Waals surface area contributed by atoms with Gasteiger partial charge in [-0.15, -0.1) is 0 Å². The summed E-state index contributed by atoms with van der Waals surface area (Å²) in [7, 11) is 0. The monoisotopic (exact) mass is 281 g/mol. The van der Waals surface area contributed by atoms with E-state index in [4.69, 9.17) is 14.9 Å². The Morgan fingerprint density at radius 3 is 2.35 bits per heavy atom. The topological polar surface area (TPSA) is 113 Å². The Kier molecular flexibility index (Phi) is 6.02. The maximum absolute atomic E-state index is 11.5. The minimum absolute atomic E-state index is 0.179. The van der Waals surface area contributed by atoms with E-state index in [1.807, 2.05) is 0 Å². The molecule has 108 valence electrons. The first-order valence-corrected chi connectivity index (χ1v) is 5.91. The summed E-state index contributed by atoms with van der Waals surface area (Å²) >= 11 is 0. The zero-order chi connectivity index (χ0) is 15.0. The summed E-state index contributed by atoms with van der Waals surface area (Å²) < 4.78 is 5.15. The van der Waals surface area contributed by atoms with Crippen LogP contribution in [0.25, 0.3) is 0 Å². The fourth-order valence-corrected chi connectivity index (χ4v) is 1.43. The van der Waals surface area contributed by atoms with Crippen LogP contribution >= 0.6 is 0 Å². The summed E-state index contributed by atoms with van der Waals surface area (Å²) in [5.41, 5.74) is 0. The standard InChI is InChI=1S/C13H15NO6/c15-11(8-20-9-4-2-1-3-5-9)14-10(13(18)19)6-7-12(16)17/h1-5,10H,6-8H2,(H,14,15)(H,16,17)(H,18,19). The van der Waals surface area contributed by atoms with Crippen LogP contribution in [0.1, 0.15) is 12.8 Å². The molecule has 3 N–H and O–H groups in total. The Morgan fingerprint density at radius 1 is 1.15 bits per heavy atom. The molecule has 0 aliphatic heterocycles. The first-order chi connectivity index (χ1) is 9.49. The van der Waals surface area contributed by atoms with E-state index in [0.717, 1.165) is 0 Å². The fraction of sp³-hybridized carbons (Fsp3) is 0.308. The van der Waals surface area contributed by atoms with Crippen LogP contribution < -0.4 is 10.1 Å². The Hall–Kier alpha value is -2.57. The van der Waals surface area contributed by atoms with Crippen LogP contribution in [0.2, 0.25) is 0 Å². The first kappa shape index (κ1) is 15.5. The Morgan fingerprint density at radius 2 is 1.80 bits per heavy atom. The van der Waals surface area contributed by atoms with E-state index in [1.165, 1.54) is 0 Å². The van der Waals surface area contributed by atoms with Crippen molar-refractivity contribution in [1.82, 2.24) is 5.32 Å². The molecule has 0 heterocycles. The van der Waals surface area contributed by atoms with Crippen LogP contribution in [0, 0.1) is 0 Å². The van der Waals surface area contributed by atoms with Crippen molar-refractivity contribution in [2.45, 2.75) is 18.9 Å². The zero-order valence-electron chi connectivity index (χ0n) is 10.6. The molecule has 1 aromatic rings. The molecule has 0 fully saturated rings. The van der Waals surface area contributed by atoms with Crippen LogP contribution in [-0.2, 0) is 14.4 Å². The quantitative estimate of drug-likeness (QED) is 0.639. The summed E-state index contributed by atoms with van der Waals surface area (Å²) in [6, 6.07) is 7.34. The smallest absolute Gasteiger partial charge is 0.326 e. The van der Waals surface area contributed by atoms with E-state index in [-0.39, 0.29) is 19.4 Å². The number of carbonyl (C=O) groups excluding carboxylic acids is 1. The molecule has 0 aliphatic carbocycles. The van der Waals surface area contributed by atoms with E-state index in [1.54, 1.807) is 30.3 Å². The van der Waals surface area contributed by atoms with Crippen molar-refractivity contribution in [1.29, 1.82) is 0 Å². The van der Waals surface area contributed by atoms with Crippen molar-refractivity contribution in [2.75, 3.05) is 6.61 Å². The average molecular weight is 281 g/mol. The van der Waals surface area contributed by atoms with Crippen molar-refractivity contribution in [3.8, 4) is 5.75 Å². The Balaban J connectivity index is 2.41. The third-order valence-corrected chi connectivity index (χ3v) is 2.39. The molecule has 0 aliphatic rings. The molecule has 20 heavy (non-hydrogen) atoms. The van der Waals surface area contributed by atoms with Gasteiger partial charge in [0, 0.05) is 6.42 Å². The van der Waals surface area contributed by atoms with Crippen molar-refractivity contribution in [3.63, 3.8) is 0 Å². The highest BCUT2D eigenvalue weighted by Gasteiger charge is 2.20. The van der Waals surface area contributed by atoms with Gasteiger partial charge in [-0.1, -0.05) is 18.2 Å². The van der Waals surface area contributed by atoms with Gasteiger partial charge in [0.15, 0.2) is 6.61 Å². The summed E-state index contributed by atoms with van der Waals surface area (Å²) in [5, 5.41) is 19.6. The van der Waals surface area contributed by atoms with Crippen molar-refractivity contribution in [3.05, 3.63) is 30.3 Å². The van der Waals surface area contributed by atoms with Crippen LogP contribution in [0.15, 0.2) is 30.3 Å². The van der Waals surface area contributed by atoms with Crippen molar-refractivity contribution >= 4 is 17.8 Å². The second-order valence-corrected chi connectivity index (χ2v) is 3.99. The van der Waals surface area contributed by atoms with Gasteiger partial charge in [0.25, 0.3) is 5.91 Å². The Labute approximate surface area is 115 Å². The van der Waals surface area contributed by atoms with E-state index >= 15 is 0 Å². The predicted octanol–water partition coefficient (Wildman–Crippen LogP) is 0.500. The summed E-state index contributed by atoms with van der Waals surface area (Å²) in [5.74, 6) is -2.53. The molecule has 7 heteroatoms. The maximum Gasteiger partial charge on any atom is 0.326 e. The van der Waals surface area contributed by atoms with Gasteiger partial charge >= 0.3 is 11.9 Å². The molecule has 0 saturated heterocycles. The molecular formula is C13H15NO6. The lowest BCUT2D eigenvalue weighted by Crippen LogP contribution is -2.43. The van der Waals surface area contributed by atoms with Gasteiger partial charge in [0.1, 0.15) is 11.8 Å². The van der Waals surface area contributed by atoms with Gasteiger partial charge in [-0.2, -0.15) is 0 Å². The molecule has 1 atom stereocenters. The van der Waals surface area contributed by atoms with E-state index in [2.05, 4.69) is 5.32 Å². The fourth-order valence-electron chi connectivity index (χ4n) is 1.43. The molecule has 1 amide bonds. The number of carboxylic acid groups (broad SMARTS) is 2. The van der Waals surface area contributed by atoms with Gasteiger partial charge < -0.3 is 20.3 Å². The number of carboxylic acids is 2. The lowest BCUT2D eigenvalue weighted by atomic mass is 10.1. The SMILES string of the molecule is O=C(O)CCC(NC(=O)COc1ccccc1)C(=O)O. The van der Waals surface area contributed by atoms with Crippen molar-refractivity contribution < 1.29 is 29.3 Å². The zero-order valence-corrected chi connectivity index (χ0v) is 10.6. The van der Waals surface area contributed by atoms with Gasteiger partial charge in [-0.25, -0.2) is 4.79 Å². The van der Waals surface area contributed by atoms with Crippen LogP contribution in [0.5, 0.6) is 5.75 Å². The molecule has 1 aromatic carbocycles. The molecule has 0 aromatic heterocycles. The second-order valence-electron chi connectivity index (χ2n) is 3.99. The summed E-state index contributed by atoms with van der Waals surface area (Å²) in [6.07, 6.45) is -0.515. The van der Waals surface area contributed by atoms with Crippen molar-refractivity contribution in [2.24, 2.45) is 0 Å². The average Bonchev–Trinajstić information content (AvgIpc) is 2.41. The molecule has 7 nitrogen and oxygen atoms in total.